The number of ether oxygens (including phenoxy) is 1. The van der Waals surface area contributed by atoms with E-state index in [1.807, 2.05) is 0 Å². The molecule has 30 heavy (non-hydrogen) atoms. The average molecular weight is 533 g/mol. The number of nitrogens with zero attached hydrogens (tertiary/aromatic N) is 1. The molecular formula is C18H12Cl6N2O4. The highest BCUT2D eigenvalue weighted by atomic mass is 35.5. The molecule has 0 aromatic heterocycles. The number of allylic oxidation sites excluding steroid dienone is 2. The smallest absolute Gasteiger partial charge is 0.274 e. The Balaban J connectivity index is 1.70. The minimum absolute atomic E-state index is 0.124. The minimum Gasteiger partial charge on any atom is -0.493 e. The van der Waals surface area contributed by atoms with E-state index < -0.39 is 43.6 Å². The van der Waals surface area contributed by atoms with E-state index in [2.05, 4.69) is 5.43 Å². The van der Waals surface area contributed by atoms with Crippen LogP contribution in [0, 0.1) is 11.8 Å². The summed E-state index contributed by atoms with van der Waals surface area (Å²) in [4.78, 5) is 35.2. The first-order valence-corrected chi connectivity index (χ1v) is 11.0. The van der Waals surface area contributed by atoms with Gasteiger partial charge in [-0.25, -0.2) is 0 Å². The highest BCUT2D eigenvalue weighted by molar-refractivity contribution is 6.66. The van der Waals surface area contributed by atoms with Gasteiger partial charge in [-0.3, -0.25) is 19.8 Å². The lowest BCUT2D eigenvalue weighted by Gasteiger charge is -2.34. The number of hydrogen-bond acceptors (Lipinski definition) is 4. The van der Waals surface area contributed by atoms with Crippen LogP contribution in [0.2, 0.25) is 0 Å². The molecule has 2 fully saturated rings. The van der Waals surface area contributed by atoms with Gasteiger partial charge >= 0.3 is 0 Å². The number of nitrogens with one attached hydrogen (secondary N) is 1. The minimum atomic E-state index is -2.03. The number of benzene rings is 1. The fourth-order valence-corrected chi connectivity index (χ4v) is 7.13. The fraction of sp³-hybridized carbons (Fsp3) is 0.389. The average Bonchev–Trinajstić information content (AvgIpc) is 3.07. The summed E-state index contributed by atoms with van der Waals surface area (Å²) in [5, 5.41) is 0.142. The zero-order valence-electron chi connectivity index (χ0n) is 15.0. The molecule has 1 aromatic carbocycles. The summed E-state index contributed by atoms with van der Waals surface area (Å²) < 4.78 is 3.38. The lowest BCUT2D eigenvalue weighted by molar-refractivity contribution is -0.143. The number of amides is 3. The summed E-state index contributed by atoms with van der Waals surface area (Å²) >= 11 is 38.5. The molecule has 6 nitrogen and oxygen atoms in total. The van der Waals surface area contributed by atoms with Crippen LogP contribution in [-0.2, 0) is 9.59 Å². The van der Waals surface area contributed by atoms with Crippen molar-refractivity contribution in [1.29, 1.82) is 0 Å². The van der Waals surface area contributed by atoms with Gasteiger partial charge in [0.05, 0.1) is 34.1 Å². The van der Waals surface area contributed by atoms with E-state index in [0.29, 0.717) is 11.6 Å². The van der Waals surface area contributed by atoms with Gasteiger partial charge in [0.15, 0.2) is 4.33 Å². The number of hydrazine groups is 1. The lowest BCUT2D eigenvalue weighted by Crippen LogP contribution is -2.54. The number of hydrogen-bond donors (Lipinski definition) is 1. The molecule has 1 N–H and O–H groups in total. The third-order valence-corrected chi connectivity index (χ3v) is 9.81. The van der Waals surface area contributed by atoms with Gasteiger partial charge in [0.25, 0.3) is 17.7 Å². The van der Waals surface area contributed by atoms with Crippen molar-refractivity contribution in [2.75, 3.05) is 6.61 Å². The summed E-state index contributed by atoms with van der Waals surface area (Å²) in [5.74, 6) is -4.80. The second-order valence-corrected chi connectivity index (χ2v) is 10.2. The van der Waals surface area contributed by atoms with Crippen molar-refractivity contribution in [2.24, 2.45) is 11.8 Å². The molecule has 1 saturated carbocycles. The molecule has 2 bridgehead atoms. The molecule has 3 amide bonds. The third-order valence-electron chi connectivity index (χ3n) is 5.55. The van der Waals surface area contributed by atoms with Crippen molar-refractivity contribution in [3.63, 3.8) is 0 Å². The van der Waals surface area contributed by atoms with Crippen molar-refractivity contribution < 1.29 is 19.1 Å². The molecule has 0 spiro atoms. The zero-order valence-corrected chi connectivity index (χ0v) is 19.6. The number of carbonyl (C=O) groups excluding carboxylic acids is 3. The maximum Gasteiger partial charge on any atom is 0.274 e. The monoisotopic (exact) mass is 530 g/mol. The predicted molar refractivity (Wildman–Crippen MR) is 114 cm³/mol. The molecule has 12 heteroatoms. The van der Waals surface area contributed by atoms with E-state index in [4.69, 9.17) is 74.3 Å². The van der Waals surface area contributed by atoms with Gasteiger partial charge in [0.1, 0.15) is 15.5 Å². The molecule has 1 heterocycles. The van der Waals surface area contributed by atoms with Gasteiger partial charge in [-0.05, 0) is 19.1 Å². The van der Waals surface area contributed by atoms with Crippen LogP contribution in [0.3, 0.4) is 0 Å². The lowest BCUT2D eigenvalue weighted by atomic mass is 9.84. The van der Waals surface area contributed by atoms with Gasteiger partial charge in [-0.2, -0.15) is 5.01 Å². The highest BCUT2D eigenvalue weighted by Crippen LogP contribution is 2.77. The van der Waals surface area contributed by atoms with Crippen LogP contribution < -0.4 is 10.2 Å². The maximum absolute atomic E-state index is 13.1. The molecule has 1 saturated heterocycles. The molecule has 4 atom stereocenters. The van der Waals surface area contributed by atoms with E-state index in [9.17, 15) is 14.4 Å². The van der Waals surface area contributed by atoms with E-state index in [1.54, 1.807) is 25.1 Å². The summed E-state index contributed by atoms with van der Waals surface area (Å²) in [6.45, 7) is 2.07. The Morgan fingerprint density at radius 2 is 1.53 bits per heavy atom. The van der Waals surface area contributed by atoms with E-state index in [0.717, 1.165) is 0 Å². The first-order chi connectivity index (χ1) is 14.0. The predicted octanol–water partition coefficient (Wildman–Crippen LogP) is 4.18. The van der Waals surface area contributed by atoms with Crippen LogP contribution >= 0.6 is 69.6 Å². The Labute approximate surface area is 201 Å². The number of fused-ring (bicyclic) bond motifs is 5. The quantitative estimate of drug-likeness (QED) is 0.466. The van der Waals surface area contributed by atoms with Crippen molar-refractivity contribution >= 4 is 87.3 Å². The molecule has 1 aliphatic heterocycles. The molecule has 2 aliphatic carbocycles. The SMILES string of the molecule is CCOc1ccccc1C(=O)NN1C(=O)[C@H]2[C@H](C1=O)[C@@]1(Cl)C(Cl)=C(Cl)[C@@]2(Cl)C1(Cl)Cl. The second kappa shape index (κ2) is 7.06. The summed E-state index contributed by atoms with van der Waals surface area (Å²) in [6.07, 6.45) is 0. The molecule has 3 aliphatic rings. The topological polar surface area (TPSA) is 75.7 Å². The molecule has 4 rings (SSSR count). The molecular weight excluding hydrogens is 521 g/mol. The summed E-state index contributed by atoms with van der Waals surface area (Å²) in [7, 11) is 0. The number of alkyl halides is 4. The Morgan fingerprint density at radius 1 is 1.03 bits per heavy atom. The van der Waals surface area contributed by atoms with E-state index in [1.165, 1.54) is 6.07 Å². The molecule has 160 valence electrons. The number of para-hydroxylation sites is 1. The van der Waals surface area contributed by atoms with Crippen LogP contribution in [0.25, 0.3) is 0 Å². The Bertz CT molecular complexity index is 984. The Morgan fingerprint density at radius 3 is 2.03 bits per heavy atom. The van der Waals surface area contributed by atoms with Gasteiger partial charge in [-0.15, -0.1) is 23.2 Å². The first kappa shape index (κ1) is 22.3. The Kier molecular flexibility index (Phi) is 5.25. The van der Waals surface area contributed by atoms with Crippen molar-refractivity contribution in [2.45, 2.75) is 21.0 Å². The molecule has 0 radical (unpaired) electrons. The fourth-order valence-electron chi connectivity index (χ4n) is 4.20. The molecule has 0 unspecified atom stereocenters. The van der Waals surface area contributed by atoms with Gasteiger partial charge in [0.2, 0.25) is 0 Å². The van der Waals surface area contributed by atoms with Crippen LogP contribution in [0.5, 0.6) is 5.75 Å². The standard InChI is InChI=1S/C18H12Cl6N2O4/c1-2-30-8-6-4-3-5-7(8)13(27)25-26-14(28)9-10(15(26)29)17(22)12(20)11(19)16(9,21)18(17,23)24/h3-6,9-10H,2H2,1H3,(H,25,27)/t9-,10-,16-,17-/m1/s1. The van der Waals surface area contributed by atoms with Gasteiger partial charge < -0.3 is 4.74 Å². The van der Waals surface area contributed by atoms with Crippen LogP contribution in [0.4, 0.5) is 0 Å². The van der Waals surface area contributed by atoms with E-state index in [-0.39, 0.29) is 21.4 Å². The van der Waals surface area contributed by atoms with E-state index >= 15 is 0 Å². The third kappa shape index (κ3) is 2.44. The van der Waals surface area contributed by atoms with Crippen LogP contribution in [0.15, 0.2) is 34.3 Å². The number of halogens is 6. The number of carbonyl (C=O) groups is 3. The van der Waals surface area contributed by atoms with Crippen molar-refractivity contribution in [3.8, 4) is 5.75 Å². The van der Waals surface area contributed by atoms with Crippen LogP contribution in [0.1, 0.15) is 17.3 Å². The van der Waals surface area contributed by atoms with Gasteiger partial charge in [0, 0.05) is 0 Å². The van der Waals surface area contributed by atoms with Crippen molar-refractivity contribution in [1.82, 2.24) is 10.4 Å². The number of rotatable bonds is 4. The van der Waals surface area contributed by atoms with Crippen LogP contribution in [-0.4, -0.2) is 43.4 Å². The second-order valence-electron chi connectivity index (χ2n) is 6.96. The normalized spacial score (nSPS) is 33.9. The molecule has 1 aromatic rings. The largest absolute Gasteiger partial charge is 0.493 e. The van der Waals surface area contributed by atoms with Crippen molar-refractivity contribution in [3.05, 3.63) is 39.9 Å². The zero-order chi connectivity index (χ0) is 22.2. The maximum atomic E-state index is 13.1. The van der Waals surface area contributed by atoms with Gasteiger partial charge in [-0.1, -0.05) is 58.5 Å². The first-order valence-electron chi connectivity index (χ1n) is 8.68. The highest BCUT2D eigenvalue weighted by Gasteiger charge is 2.87. The number of imide groups is 1. The summed E-state index contributed by atoms with van der Waals surface area (Å²) in [6, 6.07) is 6.36. The Hall–Kier alpha value is -0.890. The summed E-state index contributed by atoms with van der Waals surface area (Å²) in [5.41, 5.74) is 2.41.